The number of aromatic nitrogens is 2. The van der Waals surface area contributed by atoms with Crippen LogP contribution in [-0.4, -0.2) is 46.5 Å². The topological polar surface area (TPSA) is 73.1 Å². The largest absolute Gasteiger partial charge is 0.352 e. The third-order valence-corrected chi connectivity index (χ3v) is 8.37. The molecule has 7 rings (SSSR count). The van der Waals surface area contributed by atoms with Crippen LogP contribution in [0.2, 0.25) is 0 Å². The predicted octanol–water partition coefficient (Wildman–Crippen LogP) is 5.19. The molecule has 6 heteroatoms. The number of benzene rings is 1. The monoisotopic (exact) mass is 477 g/mol. The fourth-order valence-corrected chi connectivity index (χ4v) is 5.94. The average Bonchev–Trinajstić information content (AvgIpc) is 3.76. The highest BCUT2D eigenvalue weighted by molar-refractivity contribution is 5.96. The summed E-state index contributed by atoms with van der Waals surface area (Å²) in [7, 11) is 0. The summed E-state index contributed by atoms with van der Waals surface area (Å²) < 4.78 is 0. The van der Waals surface area contributed by atoms with Crippen LogP contribution in [0.5, 0.6) is 0 Å². The van der Waals surface area contributed by atoms with E-state index in [0.717, 1.165) is 84.6 Å². The molecular weight excluding hydrogens is 446 g/mol. The Morgan fingerprint density at radius 3 is 2.56 bits per heavy atom. The maximum absolute atomic E-state index is 13.0. The van der Waals surface area contributed by atoms with Crippen molar-refractivity contribution < 1.29 is 4.79 Å². The quantitative estimate of drug-likeness (QED) is 0.506. The molecule has 1 amide bonds. The van der Waals surface area contributed by atoms with E-state index < -0.39 is 0 Å². The molecule has 0 spiro atoms. The number of aryl methyl sites for hydroxylation is 1. The fraction of sp³-hybridized carbons (Fsp3) is 0.467. The normalized spacial score (nSPS) is 22.1. The number of carbonyl (C=O) groups excluding carboxylic acids is 1. The standard InChI is InChI=1S/C30H31N5O/c1-18-5-12-24-23(3-2-4-26(24)32-18)25-15-22(16-31)29(33-28(25)20-8-9-20)34-13-14-35(30(36)21-10-11-21)27(17-34)19-6-7-19/h2-5,12,15,19-21,27H,6-11,13-14,17H2,1H3/t27-/m0/s1. The second-order valence-electron chi connectivity index (χ2n) is 11.2. The van der Waals surface area contributed by atoms with Gasteiger partial charge in [-0.3, -0.25) is 9.78 Å². The Bertz CT molecular complexity index is 1410. The zero-order chi connectivity index (χ0) is 24.4. The molecule has 1 aliphatic heterocycles. The number of nitriles is 1. The average molecular weight is 478 g/mol. The van der Waals surface area contributed by atoms with E-state index >= 15 is 0 Å². The van der Waals surface area contributed by atoms with E-state index in [1.807, 2.05) is 6.92 Å². The molecule has 3 aliphatic carbocycles. The summed E-state index contributed by atoms with van der Waals surface area (Å²) in [6, 6.07) is 15.2. The molecule has 0 unspecified atom stereocenters. The van der Waals surface area contributed by atoms with Crippen molar-refractivity contribution in [1.29, 1.82) is 5.26 Å². The van der Waals surface area contributed by atoms with Crippen molar-refractivity contribution in [1.82, 2.24) is 14.9 Å². The van der Waals surface area contributed by atoms with E-state index in [1.54, 1.807) is 0 Å². The lowest BCUT2D eigenvalue weighted by Crippen LogP contribution is -2.57. The van der Waals surface area contributed by atoms with Crippen molar-refractivity contribution in [2.45, 2.75) is 57.4 Å². The molecule has 2 aromatic heterocycles. The highest BCUT2D eigenvalue weighted by Crippen LogP contribution is 2.46. The molecule has 4 aliphatic rings. The van der Waals surface area contributed by atoms with Crippen LogP contribution in [0.15, 0.2) is 36.4 Å². The van der Waals surface area contributed by atoms with Gasteiger partial charge in [-0.2, -0.15) is 5.26 Å². The highest BCUT2D eigenvalue weighted by atomic mass is 16.2. The minimum absolute atomic E-state index is 0.247. The van der Waals surface area contributed by atoms with Crippen LogP contribution in [0.3, 0.4) is 0 Å². The number of fused-ring (bicyclic) bond motifs is 1. The van der Waals surface area contributed by atoms with Crippen molar-refractivity contribution in [2.24, 2.45) is 11.8 Å². The number of pyridine rings is 2. The molecule has 3 aromatic rings. The van der Waals surface area contributed by atoms with Gasteiger partial charge in [0.05, 0.1) is 22.8 Å². The van der Waals surface area contributed by atoms with Crippen LogP contribution in [0, 0.1) is 30.1 Å². The summed E-state index contributed by atoms with van der Waals surface area (Å²) in [5, 5.41) is 11.3. The lowest BCUT2D eigenvalue weighted by Gasteiger charge is -2.43. The molecule has 0 N–H and O–H groups in total. The Kier molecular flexibility index (Phi) is 5.02. The summed E-state index contributed by atoms with van der Waals surface area (Å²) in [6.45, 7) is 4.27. The maximum atomic E-state index is 13.0. The molecule has 3 heterocycles. The van der Waals surface area contributed by atoms with Crippen molar-refractivity contribution in [2.75, 3.05) is 24.5 Å². The van der Waals surface area contributed by atoms with Crippen LogP contribution >= 0.6 is 0 Å². The van der Waals surface area contributed by atoms with Gasteiger partial charge < -0.3 is 9.80 Å². The Morgan fingerprint density at radius 2 is 1.83 bits per heavy atom. The molecule has 3 saturated carbocycles. The van der Waals surface area contributed by atoms with Gasteiger partial charge in [0.25, 0.3) is 0 Å². The Hall–Kier alpha value is -3.46. The molecule has 1 atom stereocenters. The fourth-order valence-electron chi connectivity index (χ4n) is 5.94. The van der Waals surface area contributed by atoms with Gasteiger partial charge in [-0.05, 0) is 75.1 Å². The van der Waals surface area contributed by atoms with Gasteiger partial charge in [-0.25, -0.2) is 4.98 Å². The van der Waals surface area contributed by atoms with Crippen LogP contribution in [0.1, 0.15) is 61.4 Å². The zero-order valence-electron chi connectivity index (χ0n) is 20.8. The number of rotatable bonds is 5. The lowest BCUT2D eigenvalue weighted by molar-refractivity contribution is -0.135. The minimum atomic E-state index is 0.247. The molecule has 0 radical (unpaired) electrons. The number of piperazine rings is 1. The summed E-state index contributed by atoms with van der Waals surface area (Å²) in [6.07, 6.45) is 6.78. The lowest BCUT2D eigenvalue weighted by atomic mass is 9.95. The first-order valence-electron chi connectivity index (χ1n) is 13.5. The summed E-state index contributed by atoms with van der Waals surface area (Å²) in [5.41, 5.74) is 5.88. The molecule has 1 saturated heterocycles. The van der Waals surface area contributed by atoms with E-state index in [0.29, 0.717) is 23.3 Å². The first-order valence-corrected chi connectivity index (χ1v) is 13.5. The Balaban J connectivity index is 1.28. The number of anilines is 1. The van der Waals surface area contributed by atoms with Crippen LogP contribution in [-0.2, 0) is 4.79 Å². The van der Waals surface area contributed by atoms with E-state index in [4.69, 9.17) is 9.97 Å². The van der Waals surface area contributed by atoms with E-state index in [-0.39, 0.29) is 12.0 Å². The van der Waals surface area contributed by atoms with Crippen molar-refractivity contribution in [3.05, 3.63) is 53.3 Å². The number of amides is 1. The van der Waals surface area contributed by atoms with Gasteiger partial charge in [-0.1, -0.05) is 18.2 Å². The molecule has 4 fully saturated rings. The smallest absolute Gasteiger partial charge is 0.226 e. The van der Waals surface area contributed by atoms with E-state index in [9.17, 15) is 10.1 Å². The summed E-state index contributed by atoms with van der Waals surface area (Å²) in [5.74, 6) is 2.45. The van der Waals surface area contributed by atoms with Gasteiger partial charge in [0, 0.05) is 48.1 Å². The van der Waals surface area contributed by atoms with Crippen molar-refractivity contribution in [3.8, 4) is 17.2 Å². The molecular formula is C30H31N5O. The molecule has 36 heavy (non-hydrogen) atoms. The van der Waals surface area contributed by atoms with Crippen LogP contribution < -0.4 is 4.90 Å². The van der Waals surface area contributed by atoms with Gasteiger partial charge in [0.15, 0.2) is 0 Å². The minimum Gasteiger partial charge on any atom is -0.352 e. The molecule has 6 nitrogen and oxygen atoms in total. The molecule has 0 bridgehead atoms. The first kappa shape index (κ1) is 21.8. The van der Waals surface area contributed by atoms with E-state index in [1.165, 1.54) is 12.8 Å². The van der Waals surface area contributed by atoms with Crippen molar-refractivity contribution in [3.63, 3.8) is 0 Å². The predicted molar refractivity (Wildman–Crippen MR) is 140 cm³/mol. The number of carbonyl (C=O) groups is 1. The number of nitrogens with zero attached hydrogens (tertiary/aromatic N) is 5. The molecule has 182 valence electrons. The van der Waals surface area contributed by atoms with Gasteiger partial charge >= 0.3 is 0 Å². The number of hydrogen-bond donors (Lipinski definition) is 0. The SMILES string of the molecule is Cc1ccc2c(-c3cc(C#N)c(N4CCN(C(=O)C5CC5)[C@H](C5CC5)C4)nc3C3CC3)cccc2n1. The van der Waals surface area contributed by atoms with Crippen molar-refractivity contribution >= 4 is 22.6 Å². The zero-order valence-corrected chi connectivity index (χ0v) is 20.8. The third kappa shape index (κ3) is 3.82. The van der Waals surface area contributed by atoms with E-state index in [2.05, 4.69) is 52.3 Å². The van der Waals surface area contributed by atoms with Gasteiger partial charge in [0.2, 0.25) is 5.91 Å². The van der Waals surface area contributed by atoms with Crippen LogP contribution in [0.25, 0.3) is 22.0 Å². The Morgan fingerprint density at radius 1 is 1.00 bits per heavy atom. The van der Waals surface area contributed by atoms with Gasteiger partial charge in [-0.15, -0.1) is 0 Å². The highest BCUT2D eigenvalue weighted by Gasteiger charge is 2.45. The summed E-state index contributed by atoms with van der Waals surface area (Å²) >= 11 is 0. The maximum Gasteiger partial charge on any atom is 0.226 e. The molecule has 1 aromatic carbocycles. The Labute approximate surface area is 211 Å². The second-order valence-corrected chi connectivity index (χ2v) is 11.2. The third-order valence-electron chi connectivity index (χ3n) is 8.37. The number of hydrogen-bond acceptors (Lipinski definition) is 5. The summed E-state index contributed by atoms with van der Waals surface area (Å²) in [4.78, 5) is 27.4. The second kappa shape index (κ2) is 8.30. The van der Waals surface area contributed by atoms with Gasteiger partial charge in [0.1, 0.15) is 11.9 Å². The first-order chi connectivity index (χ1) is 17.6. The van der Waals surface area contributed by atoms with Crippen LogP contribution in [0.4, 0.5) is 5.82 Å².